The van der Waals surface area contributed by atoms with Crippen LogP contribution in [0.1, 0.15) is 36.8 Å². The van der Waals surface area contributed by atoms with Crippen LogP contribution in [0.4, 0.5) is 0 Å². The predicted octanol–water partition coefficient (Wildman–Crippen LogP) is 2.93. The van der Waals surface area contributed by atoms with Crippen LogP contribution in [0.2, 0.25) is 5.02 Å². The third-order valence-corrected chi connectivity index (χ3v) is 4.07. The van der Waals surface area contributed by atoms with Gasteiger partial charge in [0.25, 0.3) is 0 Å². The Morgan fingerprint density at radius 2 is 2.00 bits per heavy atom. The van der Waals surface area contributed by atoms with E-state index in [1.54, 1.807) is 0 Å². The highest BCUT2D eigenvalue weighted by atomic mass is 35.5. The maximum Gasteiger partial charge on any atom is 0.189 e. The Kier molecular flexibility index (Phi) is 2.77. The van der Waals surface area contributed by atoms with Crippen LogP contribution in [-0.4, -0.2) is 6.79 Å². The molecule has 17 heavy (non-hydrogen) atoms. The summed E-state index contributed by atoms with van der Waals surface area (Å²) in [5.74, 6) is 0.868. The molecule has 4 heteroatoms. The zero-order valence-corrected chi connectivity index (χ0v) is 10.4. The Morgan fingerprint density at radius 1 is 1.24 bits per heavy atom. The smallest absolute Gasteiger partial charge is 0.189 e. The van der Waals surface area contributed by atoms with Crippen molar-refractivity contribution in [2.24, 2.45) is 5.73 Å². The van der Waals surface area contributed by atoms with E-state index in [1.165, 1.54) is 0 Å². The monoisotopic (exact) mass is 253 g/mol. The first-order valence-electron chi connectivity index (χ1n) is 6.02. The van der Waals surface area contributed by atoms with Crippen LogP contribution >= 0.6 is 11.6 Å². The van der Waals surface area contributed by atoms with Crippen molar-refractivity contribution in [2.45, 2.75) is 37.8 Å². The number of fused-ring (bicyclic) bond motifs is 1. The van der Waals surface area contributed by atoms with Gasteiger partial charge in [-0.15, -0.1) is 0 Å². The van der Waals surface area contributed by atoms with E-state index in [4.69, 9.17) is 26.8 Å². The predicted molar refractivity (Wildman–Crippen MR) is 66.1 cm³/mol. The number of ether oxygens (including phenoxy) is 2. The molecular formula is C13H16ClNO2. The molecule has 0 spiro atoms. The molecule has 3 nitrogen and oxygen atoms in total. The van der Waals surface area contributed by atoms with Gasteiger partial charge in [0.2, 0.25) is 0 Å². The summed E-state index contributed by atoms with van der Waals surface area (Å²) in [4.78, 5) is 0. The zero-order chi connectivity index (χ0) is 11.9. The van der Waals surface area contributed by atoms with Crippen LogP contribution in [0, 0.1) is 0 Å². The van der Waals surface area contributed by atoms with Gasteiger partial charge in [-0.05, 0) is 30.5 Å². The second-order valence-electron chi connectivity index (χ2n) is 4.87. The number of hydrogen-bond donors (Lipinski definition) is 1. The number of benzene rings is 1. The van der Waals surface area contributed by atoms with Gasteiger partial charge in [0.1, 0.15) is 5.75 Å². The maximum absolute atomic E-state index is 6.51. The molecular weight excluding hydrogens is 238 g/mol. The number of nitrogens with two attached hydrogens (primary N) is 1. The van der Waals surface area contributed by atoms with Gasteiger partial charge in [-0.1, -0.05) is 24.4 Å². The van der Waals surface area contributed by atoms with Crippen molar-refractivity contribution in [2.75, 3.05) is 6.79 Å². The molecule has 1 saturated carbocycles. The van der Waals surface area contributed by atoms with Gasteiger partial charge in [-0.3, -0.25) is 0 Å². The van der Waals surface area contributed by atoms with Crippen molar-refractivity contribution in [1.29, 1.82) is 0 Å². The molecule has 92 valence electrons. The Balaban J connectivity index is 2.14. The molecule has 2 N–H and O–H groups in total. The highest BCUT2D eigenvalue weighted by Gasteiger charge is 2.36. The highest BCUT2D eigenvalue weighted by Crippen LogP contribution is 2.44. The molecule has 0 atom stereocenters. The molecule has 0 saturated heterocycles. The normalized spacial score (nSPS) is 22.0. The van der Waals surface area contributed by atoms with E-state index in [2.05, 4.69) is 0 Å². The van der Waals surface area contributed by atoms with Gasteiger partial charge >= 0.3 is 0 Å². The molecule has 1 aromatic carbocycles. The van der Waals surface area contributed by atoms with Crippen molar-refractivity contribution in [3.8, 4) is 5.75 Å². The number of halogens is 1. The summed E-state index contributed by atoms with van der Waals surface area (Å²) in [5, 5.41) is 0.738. The minimum Gasteiger partial charge on any atom is -0.467 e. The third kappa shape index (κ3) is 1.82. The standard InChI is InChI=1S/C13H16ClNO2/c14-10-3-4-11-9(7-16-8-17-11)12(10)13(15)5-1-2-6-13/h3-4H,1-2,5-8,15H2. The van der Waals surface area contributed by atoms with Crippen LogP contribution in [-0.2, 0) is 16.9 Å². The van der Waals surface area contributed by atoms with Crippen LogP contribution in [0.25, 0.3) is 0 Å². The lowest BCUT2D eigenvalue weighted by atomic mass is 9.85. The molecule has 1 aromatic rings. The Labute approximate surface area is 106 Å². The summed E-state index contributed by atoms with van der Waals surface area (Å²) in [7, 11) is 0. The quantitative estimate of drug-likeness (QED) is 0.837. The second-order valence-corrected chi connectivity index (χ2v) is 5.28. The van der Waals surface area contributed by atoms with E-state index < -0.39 is 0 Å². The fourth-order valence-electron chi connectivity index (χ4n) is 2.92. The number of rotatable bonds is 1. The molecule has 0 amide bonds. The number of hydrogen-bond acceptors (Lipinski definition) is 3. The van der Waals surface area contributed by atoms with Crippen molar-refractivity contribution >= 4 is 11.6 Å². The SMILES string of the molecule is NC1(c2c(Cl)ccc3c2COCO3)CCCC1. The fourth-order valence-corrected chi connectivity index (χ4v) is 3.29. The van der Waals surface area contributed by atoms with Crippen LogP contribution in [0.3, 0.4) is 0 Å². The molecule has 1 fully saturated rings. The lowest BCUT2D eigenvalue weighted by molar-refractivity contribution is -0.0174. The van der Waals surface area contributed by atoms with Crippen LogP contribution in [0.5, 0.6) is 5.75 Å². The minimum absolute atomic E-state index is 0.299. The summed E-state index contributed by atoms with van der Waals surface area (Å²) in [6.45, 7) is 0.857. The van der Waals surface area contributed by atoms with Gasteiger partial charge < -0.3 is 15.2 Å². The van der Waals surface area contributed by atoms with Gasteiger partial charge in [-0.25, -0.2) is 0 Å². The van der Waals surface area contributed by atoms with Gasteiger partial charge in [0.15, 0.2) is 6.79 Å². The van der Waals surface area contributed by atoms with Gasteiger partial charge in [-0.2, -0.15) is 0 Å². The minimum atomic E-state index is -0.299. The lowest BCUT2D eigenvalue weighted by Gasteiger charge is -2.31. The average Bonchev–Trinajstić information content (AvgIpc) is 2.76. The van der Waals surface area contributed by atoms with Crippen molar-refractivity contribution < 1.29 is 9.47 Å². The molecule has 1 aliphatic heterocycles. The first-order chi connectivity index (χ1) is 8.21. The Morgan fingerprint density at radius 3 is 2.76 bits per heavy atom. The first-order valence-corrected chi connectivity index (χ1v) is 6.40. The molecule has 1 heterocycles. The summed E-state index contributed by atoms with van der Waals surface area (Å²) in [6.07, 6.45) is 4.31. The molecule has 1 aliphatic carbocycles. The Hall–Kier alpha value is -0.770. The lowest BCUT2D eigenvalue weighted by Crippen LogP contribution is -2.35. The molecule has 0 aromatic heterocycles. The zero-order valence-electron chi connectivity index (χ0n) is 9.67. The van der Waals surface area contributed by atoms with Gasteiger partial charge in [0.05, 0.1) is 6.61 Å². The average molecular weight is 254 g/mol. The highest BCUT2D eigenvalue weighted by molar-refractivity contribution is 6.31. The van der Waals surface area contributed by atoms with Gasteiger partial charge in [0, 0.05) is 16.1 Å². The largest absolute Gasteiger partial charge is 0.467 e. The van der Waals surface area contributed by atoms with E-state index in [9.17, 15) is 0 Å². The summed E-state index contributed by atoms with van der Waals surface area (Å²) >= 11 is 6.34. The summed E-state index contributed by atoms with van der Waals surface area (Å²) < 4.78 is 10.8. The van der Waals surface area contributed by atoms with E-state index in [0.717, 1.165) is 47.6 Å². The van der Waals surface area contributed by atoms with Crippen molar-refractivity contribution in [3.63, 3.8) is 0 Å². The van der Waals surface area contributed by atoms with Crippen molar-refractivity contribution in [1.82, 2.24) is 0 Å². The fraction of sp³-hybridized carbons (Fsp3) is 0.538. The summed E-state index contributed by atoms with van der Waals surface area (Å²) in [6, 6.07) is 3.79. The molecule has 0 radical (unpaired) electrons. The van der Waals surface area contributed by atoms with E-state index in [0.29, 0.717) is 13.4 Å². The molecule has 2 aliphatic rings. The maximum atomic E-state index is 6.51. The molecule has 0 bridgehead atoms. The molecule has 0 unspecified atom stereocenters. The topological polar surface area (TPSA) is 44.5 Å². The van der Waals surface area contributed by atoms with E-state index in [-0.39, 0.29) is 5.54 Å². The van der Waals surface area contributed by atoms with Crippen LogP contribution in [0.15, 0.2) is 12.1 Å². The van der Waals surface area contributed by atoms with Crippen LogP contribution < -0.4 is 10.5 Å². The third-order valence-electron chi connectivity index (χ3n) is 3.76. The van der Waals surface area contributed by atoms with E-state index >= 15 is 0 Å². The van der Waals surface area contributed by atoms with E-state index in [1.807, 2.05) is 12.1 Å². The first kappa shape index (κ1) is 11.3. The Bertz CT molecular complexity index is 441. The van der Waals surface area contributed by atoms with Crippen molar-refractivity contribution in [3.05, 3.63) is 28.3 Å². The second kappa shape index (κ2) is 4.16. The summed E-state index contributed by atoms with van der Waals surface area (Å²) in [5.41, 5.74) is 8.28. The molecule has 3 rings (SSSR count).